The Bertz CT molecular complexity index is 665. The van der Waals surface area contributed by atoms with Crippen LogP contribution >= 0.6 is 0 Å². The van der Waals surface area contributed by atoms with E-state index in [4.69, 9.17) is 28.4 Å². The molecule has 3 aliphatic rings. The molecular formula is C21H38O15. The summed E-state index contributed by atoms with van der Waals surface area (Å²) in [5, 5.41) is 92.2. The van der Waals surface area contributed by atoms with Crippen molar-refractivity contribution in [2.45, 2.75) is 92.2 Å². The molecule has 10 unspecified atom stereocenters. The maximum atomic E-state index is 10.9. The number of rotatable bonds is 9. The van der Waals surface area contributed by atoms with E-state index in [0.717, 1.165) is 0 Å². The van der Waals surface area contributed by atoms with Crippen molar-refractivity contribution < 1.29 is 74.4 Å². The highest BCUT2D eigenvalue weighted by Crippen LogP contribution is 2.36. The summed E-state index contributed by atoms with van der Waals surface area (Å²) in [5.41, 5.74) is 0. The summed E-state index contributed by atoms with van der Waals surface area (Å²) in [6.07, 6.45) is -19.2. The van der Waals surface area contributed by atoms with Gasteiger partial charge < -0.3 is 74.4 Å². The second-order valence-corrected chi connectivity index (χ2v) is 9.23. The standard InChI is InChI=1S/C21H38O15/c1-31-18-10(5-23)33-8(13(26)14(18)27)3-7-9(4-22)34-21(16(29)12(7)25)36-19-11(6-24)35-20(32-2)17(30)15(19)28/h7-30H,3-6H2,1-2H3/t7-,8+,9?,10?,11?,12?,13?,14?,15?,16?,17?,18?,19-,20-,21+/m1/s1. The van der Waals surface area contributed by atoms with Crippen molar-refractivity contribution in [3.63, 3.8) is 0 Å². The Morgan fingerprint density at radius 1 is 0.528 bits per heavy atom. The minimum absolute atomic E-state index is 0.190. The fraction of sp³-hybridized carbons (Fsp3) is 1.00. The average molecular weight is 531 g/mol. The molecule has 0 saturated carbocycles. The van der Waals surface area contributed by atoms with Crippen molar-refractivity contribution >= 4 is 0 Å². The Balaban J connectivity index is 1.72. The Morgan fingerprint density at radius 3 is 1.61 bits per heavy atom. The minimum atomic E-state index is -1.73. The second kappa shape index (κ2) is 13.0. The quantitative estimate of drug-likeness (QED) is 0.135. The molecule has 3 heterocycles. The van der Waals surface area contributed by atoms with Crippen LogP contribution in [0.25, 0.3) is 0 Å². The zero-order valence-corrected chi connectivity index (χ0v) is 20.0. The molecule has 0 aliphatic carbocycles. The lowest BCUT2D eigenvalue weighted by Gasteiger charge is -2.48. The van der Waals surface area contributed by atoms with Gasteiger partial charge in [0.05, 0.1) is 38.1 Å². The molecule has 3 fully saturated rings. The molecule has 9 N–H and O–H groups in total. The Hall–Kier alpha value is -0.600. The summed E-state index contributed by atoms with van der Waals surface area (Å²) in [5.74, 6) is -1.01. The van der Waals surface area contributed by atoms with Crippen molar-refractivity contribution in [2.75, 3.05) is 34.0 Å². The Kier molecular flexibility index (Phi) is 10.8. The minimum Gasteiger partial charge on any atom is -0.394 e. The number of methoxy groups -OCH3 is 2. The van der Waals surface area contributed by atoms with Crippen LogP contribution in [0.3, 0.4) is 0 Å². The topological polar surface area (TPSA) is 237 Å². The van der Waals surface area contributed by atoms with Gasteiger partial charge in [-0.3, -0.25) is 0 Å². The number of ether oxygens (including phenoxy) is 6. The molecule has 15 heteroatoms. The molecule has 0 aromatic rings. The molecule has 15 atom stereocenters. The van der Waals surface area contributed by atoms with Gasteiger partial charge in [0.25, 0.3) is 0 Å². The molecule has 0 aromatic heterocycles. The van der Waals surface area contributed by atoms with E-state index in [9.17, 15) is 46.0 Å². The van der Waals surface area contributed by atoms with Crippen LogP contribution in [0.5, 0.6) is 0 Å². The third kappa shape index (κ3) is 5.85. The van der Waals surface area contributed by atoms with Gasteiger partial charge in [-0.1, -0.05) is 0 Å². The molecule has 3 rings (SSSR count). The molecule has 0 bridgehead atoms. The normalized spacial score (nSPS) is 50.2. The predicted octanol–water partition coefficient (Wildman–Crippen LogP) is -5.60. The summed E-state index contributed by atoms with van der Waals surface area (Å²) in [7, 11) is 2.52. The average Bonchev–Trinajstić information content (AvgIpc) is 2.88. The van der Waals surface area contributed by atoms with Gasteiger partial charge in [0.1, 0.15) is 54.9 Å². The second-order valence-electron chi connectivity index (χ2n) is 9.23. The molecule has 3 aliphatic heterocycles. The maximum Gasteiger partial charge on any atom is 0.187 e. The first-order valence-corrected chi connectivity index (χ1v) is 11.7. The molecule has 212 valence electrons. The van der Waals surface area contributed by atoms with E-state index in [1.54, 1.807) is 0 Å². The van der Waals surface area contributed by atoms with Crippen molar-refractivity contribution in [3.8, 4) is 0 Å². The number of aliphatic hydroxyl groups excluding tert-OH is 9. The molecular weight excluding hydrogens is 492 g/mol. The lowest BCUT2D eigenvalue weighted by atomic mass is 9.81. The van der Waals surface area contributed by atoms with E-state index in [1.165, 1.54) is 14.2 Å². The van der Waals surface area contributed by atoms with Gasteiger partial charge in [0, 0.05) is 20.1 Å². The first-order valence-electron chi connectivity index (χ1n) is 11.7. The van der Waals surface area contributed by atoms with E-state index < -0.39 is 112 Å². The first kappa shape index (κ1) is 29.9. The van der Waals surface area contributed by atoms with Crippen LogP contribution < -0.4 is 0 Å². The summed E-state index contributed by atoms with van der Waals surface area (Å²) in [6, 6.07) is 0. The largest absolute Gasteiger partial charge is 0.394 e. The van der Waals surface area contributed by atoms with Gasteiger partial charge >= 0.3 is 0 Å². The van der Waals surface area contributed by atoms with Crippen LogP contribution in [-0.2, 0) is 28.4 Å². The summed E-state index contributed by atoms with van der Waals surface area (Å²) in [4.78, 5) is 0. The predicted molar refractivity (Wildman–Crippen MR) is 114 cm³/mol. The third-order valence-electron chi connectivity index (χ3n) is 7.12. The van der Waals surface area contributed by atoms with Crippen molar-refractivity contribution in [2.24, 2.45) is 5.92 Å². The fourth-order valence-corrected chi connectivity index (χ4v) is 5.06. The Morgan fingerprint density at radius 2 is 1.06 bits per heavy atom. The van der Waals surface area contributed by atoms with E-state index in [2.05, 4.69) is 0 Å². The highest BCUT2D eigenvalue weighted by molar-refractivity contribution is 4.98. The zero-order valence-electron chi connectivity index (χ0n) is 20.0. The van der Waals surface area contributed by atoms with Crippen LogP contribution in [0.2, 0.25) is 0 Å². The molecule has 36 heavy (non-hydrogen) atoms. The van der Waals surface area contributed by atoms with Crippen molar-refractivity contribution in [3.05, 3.63) is 0 Å². The maximum absolute atomic E-state index is 10.9. The SMILES string of the molecule is COC1C(CO)O[C@@H](C[C@@H]2C(CO)O[C@@H](O[C@@H]3C(CO)O[C@@H](OC)C(O)C3O)C(O)C2O)C(O)C1O. The zero-order chi connectivity index (χ0) is 26.7. The smallest absolute Gasteiger partial charge is 0.187 e. The van der Waals surface area contributed by atoms with E-state index >= 15 is 0 Å². The van der Waals surface area contributed by atoms with Crippen LogP contribution in [-0.4, -0.2) is 166 Å². The van der Waals surface area contributed by atoms with Gasteiger partial charge in [-0.15, -0.1) is 0 Å². The van der Waals surface area contributed by atoms with Gasteiger partial charge in [-0.05, 0) is 6.42 Å². The molecule has 0 aromatic carbocycles. The van der Waals surface area contributed by atoms with E-state index in [-0.39, 0.29) is 6.42 Å². The summed E-state index contributed by atoms with van der Waals surface area (Å²) >= 11 is 0. The molecule has 15 nitrogen and oxygen atoms in total. The van der Waals surface area contributed by atoms with E-state index in [0.29, 0.717) is 0 Å². The van der Waals surface area contributed by atoms with Crippen molar-refractivity contribution in [1.82, 2.24) is 0 Å². The van der Waals surface area contributed by atoms with Crippen molar-refractivity contribution in [1.29, 1.82) is 0 Å². The first-order chi connectivity index (χ1) is 17.1. The number of hydrogen-bond donors (Lipinski definition) is 9. The summed E-state index contributed by atoms with van der Waals surface area (Å²) in [6.45, 7) is -1.80. The molecule has 0 radical (unpaired) electrons. The molecule has 0 spiro atoms. The fourth-order valence-electron chi connectivity index (χ4n) is 5.06. The van der Waals surface area contributed by atoms with E-state index in [1.807, 2.05) is 0 Å². The Labute approximate surface area is 207 Å². The van der Waals surface area contributed by atoms with Crippen LogP contribution in [0.15, 0.2) is 0 Å². The third-order valence-corrected chi connectivity index (χ3v) is 7.12. The van der Waals surface area contributed by atoms with Crippen LogP contribution in [0, 0.1) is 5.92 Å². The highest BCUT2D eigenvalue weighted by atomic mass is 16.7. The van der Waals surface area contributed by atoms with Gasteiger partial charge in [0.2, 0.25) is 0 Å². The lowest BCUT2D eigenvalue weighted by molar-refractivity contribution is -0.355. The monoisotopic (exact) mass is 530 g/mol. The van der Waals surface area contributed by atoms with Gasteiger partial charge in [-0.2, -0.15) is 0 Å². The van der Waals surface area contributed by atoms with Crippen LogP contribution in [0.4, 0.5) is 0 Å². The lowest BCUT2D eigenvalue weighted by Crippen LogP contribution is -2.64. The van der Waals surface area contributed by atoms with Gasteiger partial charge in [0.15, 0.2) is 12.6 Å². The van der Waals surface area contributed by atoms with Crippen LogP contribution in [0.1, 0.15) is 6.42 Å². The highest BCUT2D eigenvalue weighted by Gasteiger charge is 2.52. The van der Waals surface area contributed by atoms with Gasteiger partial charge in [-0.25, -0.2) is 0 Å². The molecule has 0 amide bonds. The summed E-state index contributed by atoms with van der Waals surface area (Å²) < 4.78 is 32.3. The number of aliphatic hydroxyl groups is 9. The number of hydrogen-bond acceptors (Lipinski definition) is 15. The molecule has 3 saturated heterocycles.